The van der Waals surface area contributed by atoms with Gasteiger partial charge in [0.25, 0.3) is 0 Å². The Kier molecular flexibility index (Phi) is 4.56. The van der Waals surface area contributed by atoms with Crippen molar-refractivity contribution in [2.45, 2.75) is 25.0 Å². The summed E-state index contributed by atoms with van der Waals surface area (Å²) in [6, 6.07) is 1.05. The second-order valence-corrected chi connectivity index (χ2v) is 4.42. The van der Waals surface area contributed by atoms with E-state index in [2.05, 4.69) is 4.98 Å². The number of ether oxygens (including phenoxy) is 1. The van der Waals surface area contributed by atoms with Crippen LogP contribution in [0.3, 0.4) is 0 Å². The van der Waals surface area contributed by atoms with Gasteiger partial charge < -0.3 is 4.74 Å². The van der Waals surface area contributed by atoms with Crippen LogP contribution in [0.25, 0.3) is 0 Å². The number of aromatic nitrogens is 1. The van der Waals surface area contributed by atoms with Crippen molar-refractivity contribution < 1.29 is 13.9 Å². The van der Waals surface area contributed by atoms with E-state index in [4.69, 9.17) is 16.3 Å². The molecule has 6 heteroatoms. The predicted molar refractivity (Wildman–Crippen MR) is 61.5 cm³/mol. The van der Waals surface area contributed by atoms with Crippen LogP contribution < -0.4 is 0 Å². The van der Waals surface area contributed by atoms with Crippen molar-refractivity contribution in [3.8, 4) is 0 Å². The van der Waals surface area contributed by atoms with Crippen molar-refractivity contribution in [3.05, 3.63) is 22.6 Å². The lowest BCUT2D eigenvalue weighted by atomic mass is 10.3. The standard InChI is InChI=1S/C10H11ClFNO2S/c1-5(2)15-10(14)6-4-7(12)9(16-3)13-8(6)11/h4-5H,1-3H3. The first kappa shape index (κ1) is 13.3. The molecule has 0 saturated carbocycles. The highest BCUT2D eigenvalue weighted by Crippen LogP contribution is 2.23. The fourth-order valence-corrected chi connectivity index (χ4v) is 1.72. The van der Waals surface area contributed by atoms with Gasteiger partial charge in [-0.25, -0.2) is 14.2 Å². The topological polar surface area (TPSA) is 39.2 Å². The van der Waals surface area contributed by atoms with E-state index in [0.29, 0.717) is 0 Å². The number of rotatable bonds is 3. The molecule has 88 valence electrons. The first-order chi connectivity index (χ1) is 7.45. The molecule has 0 radical (unpaired) electrons. The quantitative estimate of drug-likeness (QED) is 0.477. The normalized spacial score (nSPS) is 10.6. The summed E-state index contributed by atoms with van der Waals surface area (Å²) in [6.45, 7) is 3.40. The molecule has 1 aromatic heterocycles. The van der Waals surface area contributed by atoms with Crippen molar-refractivity contribution in [2.75, 3.05) is 6.26 Å². The van der Waals surface area contributed by atoms with Crippen LogP contribution in [0.15, 0.2) is 11.1 Å². The minimum absolute atomic E-state index is 0.0450. The third-order valence-corrected chi connectivity index (χ3v) is 2.61. The van der Waals surface area contributed by atoms with E-state index in [0.717, 1.165) is 17.8 Å². The first-order valence-electron chi connectivity index (χ1n) is 4.56. The van der Waals surface area contributed by atoms with Crippen molar-refractivity contribution in [3.63, 3.8) is 0 Å². The Morgan fingerprint density at radius 2 is 2.25 bits per heavy atom. The number of hydrogen-bond acceptors (Lipinski definition) is 4. The van der Waals surface area contributed by atoms with Crippen LogP contribution in [0.4, 0.5) is 4.39 Å². The van der Waals surface area contributed by atoms with Crippen molar-refractivity contribution in [1.82, 2.24) is 4.98 Å². The Balaban J connectivity index is 3.06. The van der Waals surface area contributed by atoms with Crippen molar-refractivity contribution in [2.24, 2.45) is 0 Å². The number of carbonyl (C=O) groups excluding carboxylic acids is 1. The Morgan fingerprint density at radius 1 is 1.62 bits per heavy atom. The second kappa shape index (κ2) is 5.50. The first-order valence-corrected chi connectivity index (χ1v) is 6.17. The van der Waals surface area contributed by atoms with E-state index in [1.807, 2.05) is 0 Å². The monoisotopic (exact) mass is 263 g/mol. The lowest BCUT2D eigenvalue weighted by Crippen LogP contribution is -2.13. The van der Waals surface area contributed by atoms with E-state index >= 15 is 0 Å². The zero-order valence-electron chi connectivity index (χ0n) is 9.08. The third-order valence-electron chi connectivity index (χ3n) is 1.65. The van der Waals surface area contributed by atoms with Gasteiger partial charge in [-0.15, -0.1) is 11.8 Å². The molecule has 0 unspecified atom stereocenters. The molecular formula is C10H11ClFNO2S. The van der Waals surface area contributed by atoms with Crippen molar-refractivity contribution >= 4 is 29.3 Å². The molecule has 0 aromatic carbocycles. The van der Waals surface area contributed by atoms with E-state index in [1.165, 1.54) is 0 Å². The second-order valence-electron chi connectivity index (χ2n) is 3.27. The summed E-state index contributed by atoms with van der Waals surface area (Å²) in [7, 11) is 0. The van der Waals surface area contributed by atoms with Gasteiger partial charge in [0.2, 0.25) is 0 Å². The molecule has 1 heterocycles. The summed E-state index contributed by atoms with van der Waals surface area (Å²) in [5, 5.41) is 0.113. The molecule has 16 heavy (non-hydrogen) atoms. The number of halogens is 2. The van der Waals surface area contributed by atoms with E-state index in [-0.39, 0.29) is 21.8 Å². The molecule has 0 aliphatic carbocycles. The zero-order chi connectivity index (χ0) is 12.3. The average Bonchev–Trinajstić information content (AvgIpc) is 2.19. The molecule has 1 rings (SSSR count). The fraction of sp³-hybridized carbons (Fsp3) is 0.400. The molecule has 0 fully saturated rings. The van der Waals surface area contributed by atoms with Crippen LogP contribution >= 0.6 is 23.4 Å². The highest BCUT2D eigenvalue weighted by molar-refractivity contribution is 7.98. The number of esters is 1. The van der Waals surface area contributed by atoms with Gasteiger partial charge in [0.15, 0.2) is 5.82 Å². The lowest BCUT2D eigenvalue weighted by molar-refractivity contribution is 0.0377. The summed E-state index contributed by atoms with van der Waals surface area (Å²) < 4.78 is 18.3. The van der Waals surface area contributed by atoms with Crippen molar-refractivity contribution in [1.29, 1.82) is 0 Å². The molecule has 0 aliphatic heterocycles. The number of nitrogens with zero attached hydrogens (tertiary/aromatic N) is 1. The van der Waals surface area contributed by atoms with Gasteiger partial charge in [-0.1, -0.05) is 11.6 Å². The van der Waals surface area contributed by atoms with Crippen LogP contribution in [-0.2, 0) is 4.74 Å². The molecule has 1 aromatic rings. The summed E-state index contributed by atoms with van der Waals surface area (Å²) in [4.78, 5) is 15.3. The van der Waals surface area contributed by atoms with Crippen LogP contribution in [0, 0.1) is 5.82 Å². The molecule has 0 bridgehead atoms. The average molecular weight is 264 g/mol. The van der Waals surface area contributed by atoms with Crippen LogP contribution in [0.1, 0.15) is 24.2 Å². The fourth-order valence-electron chi connectivity index (χ4n) is 1.01. The van der Waals surface area contributed by atoms with Gasteiger partial charge in [0, 0.05) is 0 Å². The van der Waals surface area contributed by atoms with Crippen LogP contribution in [-0.4, -0.2) is 23.3 Å². The maximum Gasteiger partial charge on any atom is 0.341 e. The SMILES string of the molecule is CSc1nc(Cl)c(C(=O)OC(C)C)cc1F. The molecule has 0 aliphatic rings. The van der Waals surface area contributed by atoms with Gasteiger partial charge in [0.1, 0.15) is 10.2 Å². The molecule has 0 amide bonds. The third kappa shape index (κ3) is 3.09. The zero-order valence-corrected chi connectivity index (χ0v) is 10.7. The number of thioether (sulfide) groups is 1. The van der Waals surface area contributed by atoms with Gasteiger partial charge in [-0.2, -0.15) is 0 Å². The molecule has 0 saturated heterocycles. The Morgan fingerprint density at radius 3 is 2.75 bits per heavy atom. The summed E-state index contributed by atoms with van der Waals surface area (Å²) >= 11 is 6.89. The molecule has 0 N–H and O–H groups in total. The molecule has 0 atom stereocenters. The van der Waals surface area contributed by atoms with Crippen LogP contribution in [0.2, 0.25) is 5.15 Å². The highest BCUT2D eigenvalue weighted by atomic mass is 35.5. The smallest absolute Gasteiger partial charge is 0.341 e. The lowest BCUT2D eigenvalue weighted by Gasteiger charge is -2.09. The minimum atomic E-state index is -0.668. The number of pyridine rings is 1. The maximum atomic E-state index is 13.4. The summed E-state index contributed by atoms with van der Waals surface area (Å²) in [6.07, 6.45) is 1.39. The van der Waals surface area contributed by atoms with E-state index in [1.54, 1.807) is 20.1 Å². The minimum Gasteiger partial charge on any atom is -0.459 e. The Labute approximate surface area is 102 Å². The number of carbonyl (C=O) groups is 1. The van der Waals surface area contributed by atoms with Crippen LogP contribution in [0.5, 0.6) is 0 Å². The highest BCUT2D eigenvalue weighted by Gasteiger charge is 2.18. The summed E-state index contributed by atoms with van der Waals surface area (Å²) in [5.41, 5.74) is -0.0503. The molecule has 3 nitrogen and oxygen atoms in total. The largest absolute Gasteiger partial charge is 0.459 e. The van der Waals surface area contributed by atoms with Gasteiger partial charge in [-0.05, 0) is 26.2 Å². The Bertz CT molecular complexity index is 412. The number of hydrogen-bond donors (Lipinski definition) is 0. The molecule has 0 spiro atoms. The molecular weight excluding hydrogens is 253 g/mol. The van der Waals surface area contributed by atoms with Gasteiger partial charge in [0.05, 0.1) is 11.7 Å². The Hall–Kier alpha value is -0.810. The van der Waals surface area contributed by atoms with Gasteiger partial charge in [-0.3, -0.25) is 0 Å². The van der Waals surface area contributed by atoms with Gasteiger partial charge >= 0.3 is 5.97 Å². The summed E-state index contributed by atoms with van der Waals surface area (Å²) in [5.74, 6) is -1.24. The predicted octanol–water partition coefficient (Wildman–Crippen LogP) is 3.16. The maximum absolute atomic E-state index is 13.4. The van der Waals surface area contributed by atoms with E-state index < -0.39 is 11.8 Å². The van der Waals surface area contributed by atoms with E-state index in [9.17, 15) is 9.18 Å².